The third-order valence-electron chi connectivity index (χ3n) is 11.1. The van der Waals surface area contributed by atoms with Gasteiger partial charge in [0.05, 0.1) is 0 Å². The fourth-order valence-electron chi connectivity index (χ4n) is 6.30. The van der Waals surface area contributed by atoms with Gasteiger partial charge in [-0.3, -0.25) is 0 Å². The molecule has 0 saturated heterocycles. The first-order valence-electron chi connectivity index (χ1n) is 22.1. The summed E-state index contributed by atoms with van der Waals surface area (Å²) in [4.78, 5) is 0. The minimum absolute atomic E-state index is 0. The summed E-state index contributed by atoms with van der Waals surface area (Å²) < 4.78 is 50.4. The van der Waals surface area contributed by atoms with E-state index in [2.05, 4.69) is 104 Å². The predicted molar refractivity (Wildman–Crippen MR) is 264 cm³/mol. The van der Waals surface area contributed by atoms with Crippen molar-refractivity contribution in [1.29, 1.82) is 0 Å². The van der Waals surface area contributed by atoms with Gasteiger partial charge in [-0.1, -0.05) is 182 Å². The maximum Gasteiger partial charge on any atom is 0.129 e. The molecule has 0 atom stereocenters. The standard InChI is InChI=1S/C8H8F2.2C8H9F.2C8H16.2C8H10.CH4.2H2/c1-5-3-7(9)6(2)8(10)4-5;2*1-6-3-4-7(2)8(9)5-6;4*1-7-3-5-8(2)6-4-7;;;/h3-4H,1-2H3;2*3-5H,1-2H3;2*7-8H,3-6H2,1-2H3;2*3-6H,1-2H3;1H4;2*1H. The Hall–Kier alpha value is -4.18. The van der Waals surface area contributed by atoms with Gasteiger partial charge in [0.2, 0.25) is 0 Å². The lowest BCUT2D eigenvalue weighted by atomic mass is 9.84. The Labute approximate surface area is 374 Å². The summed E-state index contributed by atoms with van der Waals surface area (Å²) in [5.41, 5.74) is 9.38. The molecule has 0 unspecified atom stereocenters. The molecule has 4 heteroatoms. The molecule has 61 heavy (non-hydrogen) atoms. The van der Waals surface area contributed by atoms with Crippen LogP contribution in [-0.2, 0) is 0 Å². The number of rotatable bonds is 0. The van der Waals surface area contributed by atoms with Crippen molar-refractivity contribution in [1.82, 2.24) is 0 Å². The van der Waals surface area contributed by atoms with Gasteiger partial charge in [0.25, 0.3) is 0 Å². The molecular formula is C57H86F4. The summed E-state index contributed by atoms with van der Waals surface area (Å²) in [5, 5.41) is 0. The third-order valence-corrected chi connectivity index (χ3v) is 11.1. The first-order chi connectivity index (χ1) is 28.2. The van der Waals surface area contributed by atoms with Gasteiger partial charge in [0, 0.05) is 8.42 Å². The van der Waals surface area contributed by atoms with Crippen molar-refractivity contribution in [3.63, 3.8) is 0 Å². The zero-order valence-electron chi connectivity index (χ0n) is 39.7. The van der Waals surface area contributed by atoms with Crippen molar-refractivity contribution in [3.8, 4) is 0 Å². The summed E-state index contributed by atoms with van der Waals surface area (Å²) in [6.07, 6.45) is 11.8. The molecule has 0 bridgehead atoms. The molecule has 5 aromatic carbocycles. The molecule has 0 aromatic heterocycles. The molecule has 0 spiro atoms. The molecule has 2 aliphatic rings. The van der Waals surface area contributed by atoms with Crippen LogP contribution in [0.15, 0.2) is 97.1 Å². The fraction of sp³-hybridized carbons (Fsp3) is 0.474. The van der Waals surface area contributed by atoms with Crippen LogP contribution >= 0.6 is 0 Å². The molecule has 2 aliphatic carbocycles. The molecule has 0 aliphatic heterocycles. The zero-order chi connectivity index (χ0) is 45.4. The van der Waals surface area contributed by atoms with Gasteiger partial charge in [0.1, 0.15) is 23.3 Å². The SMILES string of the molecule is C.CC1CCC(C)CC1.CC1CCC(C)CC1.Cc1cc(F)c(C)c(F)c1.Cc1ccc(C)c(F)c1.Cc1ccc(C)c(F)c1.Cc1ccc(C)cc1.Cc1ccc(C)cc1.[HH].[HH]. The van der Waals surface area contributed by atoms with Gasteiger partial charge >= 0.3 is 0 Å². The van der Waals surface area contributed by atoms with Crippen LogP contribution in [0.5, 0.6) is 0 Å². The molecule has 342 valence electrons. The second-order valence-corrected chi connectivity index (χ2v) is 17.9. The third kappa shape index (κ3) is 26.7. The van der Waals surface area contributed by atoms with E-state index in [9.17, 15) is 17.6 Å². The van der Waals surface area contributed by atoms with Crippen LogP contribution in [0.4, 0.5) is 17.6 Å². The number of hydrogen-bond donors (Lipinski definition) is 0. The minimum Gasteiger partial charge on any atom is -0.207 e. The van der Waals surface area contributed by atoms with Gasteiger partial charge < -0.3 is 0 Å². The normalized spacial score (nSPS) is 17.3. The number of hydrogen-bond acceptors (Lipinski definition) is 0. The van der Waals surface area contributed by atoms with Crippen LogP contribution in [0.1, 0.15) is 145 Å². The van der Waals surface area contributed by atoms with Gasteiger partial charge in [-0.05, 0) is 145 Å². The first kappa shape index (κ1) is 56.8. The highest BCUT2D eigenvalue weighted by atomic mass is 19.1. The Morgan fingerprint density at radius 2 is 0.508 bits per heavy atom. The molecule has 0 radical (unpaired) electrons. The van der Waals surface area contributed by atoms with Crippen LogP contribution < -0.4 is 0 Å². The van der Waals surface area contributed by atoms with E-state index in [4.69, 9.17) is 0 Å². The Morgan fingerprint density at radius 1 is 0.311 bits per heavy atom. The highest BCUT2D eigenvalue weighted by molar-refractivity contribution is 5.25. The Morgan fingerprint density at radius 3 is 0.705 bits per heavy atom. The molecule has 0 amide bonds. The van der Waals surface area contributed by atoms with Crippen molar-refractivity contribution < 1.29 is 20.4 Å². The van der Waals surface area contributed by atoms with Crippen molar-refractivity contribution >= 4 is 0 Å². The molecule has 0 N–H and O–H groups in total. The van der Waals surface area contributed by atoms with Crippen LogP contribution in [0, 0.1) is 116 Å². The largest absolute Gasteiger partial charge is 0.207 e. The van der Waals surface area contributed by atoms with Gasteiger partial charge in [-0.2, -0.15) is 0 Å². The maximum atomic E-state index is 12.6. The zero-order valence-corrected chi connectivity index (χ0v) is 39.7. The molecule has 5 aromatic rings. The lowest BCUT2D eigenvalue weighted by Gasteiger charge is -2.22. The monoisotopic (exact) mass is 847 g/mol. The van der Waals surface area contributed by atoms with E-state index in [0.717, 1.165) is 34.8 Å². The number of aryl methyl sites for hydroxylation is 9. The number of benzene rings is 5. The first-order valence-corrected chi connectivity index (χ1v) is 22.1. The van der Waals surface area contributed by atoms with Crippen molar-refractivity contribution in [2.24, 2.45) is 23.7 Å². The van der Waals surface area contributed by atoms with Gasteiger partial charge in [-0.25, -0.2) is 17.6 Å². The summed E-state index contributed by atoms with van der Waals surface area (Å²) in [6, 6.07) is 30.0. The van der Waals surface area contributed by atoms with Gasteiger partial charge in [0.15, 0.2) is 0 Å². The fourth-order valence-corrected chi connectivity index (χ4v) is 6.30. The summed E-state index contributed by atoms with van der Waals surface area (Å²) in [7, 11) is 0. The average molecular weight is 847 g/mol. The van der Waals surface area contributed by atoms with E-state index < -0.39 is 11.6 Å². The van der Waals surface area contributed by atoms with E-state index >= 15 is 0 Å². The quantitative estimate of drug-likeness (QED) is 0.136. The molecule has 2 fully saturated rings. The molecule has 0 heterocycles. The molecule has 0 nitrogen and oxygen atoms in total. The van der Waals surface area contributed by atoms with E-state index in [1.807, 2.05) is 26.0 Å². The van der Waals surface area contributed by atoms with E-state index in [-0.39, 0.29) is 27.5 Å². The Bertz CT molecular complexity index is 1710. The molecular weight excluding hydrogens is 761 g/mol. The average Bonchev–Trinajstić information content (AvgIpc) is 3.20. The van der Waals surface area contributed by atoms with E-state index in [1.165, 1.54) is 105 Å². The Kier molecular flexibility index (Phi) is 28.7. The number of halogens is 4. The van der Waals surface area contributed by atoms with Crippen LogP contribution in [0.3, 0.4) is 0 Å². The smallest absolute Gasteiger partial charge is 0.129 e. The van der Waals surface area contributed by atoms with Crippen molar-refractivity contribution in [2.45, 2.75) is 156 Å². The summed E-state index contributed by atoms with van der Waals surface area (Å²) >= 11 is 0. The minimum atomic E-state index is -0.475. The van der Waals surface area contributed by atoms with E-state index in [1.54, 1.807) is 32.9 Å². The summed E-state index contributed by atoms with van der Waals surface area (Å²) in [6.45, 7) is 28.2. The topological polar surface area (TPSA) is 0 Å². The van der Waals surface area contributed by atoms with Crippen molar-refractivity contribution in [3.05, 3.63) is 176 Å². The molecule has 2 saturated carbocycles. The molecule has 7 rings (SSSR count). The van der Waals surface area contributed by atoms with Crippen LogP contribution in [-0.4, -0.2) is 0 Å². The van der Waals surface area contributed by atoms with E-state index in [0.29, 0.717) is 16.7 Å². The van der Waals surface area contributed by atoms with Crippen LogP contribution in [0.25, 0.3) is 0 Å². The predicted octanol–water partition coefficient (Wildman–Crippen LogP) is 18.9. The lowest BCUT2D eigenvalue weighted by Crippen LogP contribution is -2.08. The summed E-state index contributed by atoms with van der Waals surface area (Å²) in [5.74, 6) is 2.90. The lowest BCUT2D eigenvalue weighted by molar-refractivity contribution is 0.308. The highest BCUT2D eigenvalue weighted by Gasteiger charge is 2.14. The van der Waals surface area contributed by atoms with Crippen LogP contribution in [0.2, 0.25) is 0 Å². The second-order valence-electron chi connectivity index (χ2n) is 17.9. The maximum absolute atomic E-state index is 12.6. The highest BCUT2D eigenvalue weighted by Crippen LogP contribution is 2.28. The Balaban J connectivity index is -0.000000662. The van der Waals surface area contributed by atoms with Gasteiger partial charge in [-0.15, -0.1) is 0 Å². The second kappa shape index (κ2) is 30.8. The van der Waals surface area contributed by atoms with Crippen molar-refractivity contribution in [2.75, 3.05) is 0 Å².